The minimum absolute atomic E-state index is 0.554. The lowest BCUT2D eigenvalue weighted by Crippen LogP contribution is -2.25. The van der Waals surface area contributed by atoms with Gasteiger partial charge in [-0.25, -0.2) is 12.7 Å². The van der Waals surface area contributed by atoms with Crippen molar-refractivity contribution in [3.05, 3.63) is 12.2 Å². The fourth-order valence-electron chi connectivity index (χ4n) is 0.777. The maximum atomic E-state index is 10.3. The Hall–Kier alpha value is -0.350. The molecule has 0 fully saturated rings. The first-order chi connectivity index (χ1) is 4.30. The Bertz CT molecular complexity index is 177. The van der Waals surface area contributed by atoms with Crippen LogP contribution in [0.3, 0.4) is 0 Å². The van der Waals surface area contributed by atoms with Gasteiger partial charge in [0.05, 0.1) is 0 Å². The van der Waals surface area contributed by atoms with Gasteiger partial charge in [0.25, 0.3) is 0 Å². The lowest BCUT2D eigenvalue weighted by molar-refractivity contribution is 0.454. The highest BCUT2D eigenvalue weighted by Crippen LogP contribution is 1.99. The van der Waals surface area contributed by atoms with Crippen molar-refractivity contribution in [1.29, 1.82) is 0 Å². The minimum Gasteiger partial charge on any atom is -0.215 e. The summed E-state index contributed by atoms with van der Waals surface area (Å²) in [5.41, 5.74) is 0. The van der Waals surface area contributed by atoms with Gasteiger partial charge in [-0.3, -0.25) is 0 Å². The molecule has 3 nitrogen and oxygen atoms in total. The molecule has 0 radical (unpaired) electrons. The summed E-state index contributed by atoms with van der Waals surface area (Å²) in [6.45, 7) is 1.20. The lowest BCUT2D eigenvalue weighted by Gasteiger charge is -2.14. The third kappa shape index (κ3) is 1.80. The first kappa shape index (κ1) is 6.77. The maximum absolute atomic E-state index is 10.3. The summed E-state index contributed by atoms with van der Waals surface area (Å²) in [6, 6.07) is 0. The molecule has 1 heterocycles. The number of nitrogens with zero attached hydrogens (tertiary/aromatic N) is 1. The van der Waals surface area contributed by atoms with Crippen LogP contribution in [0.5, 0.6) is 0 Å². The molecule has 0 amide bonds. The van der Waals surface area contributed by atoms with Crippen LogP contribution in [0.2, 0.25) is 0 Å². The summed E-state index contributed by atoms with van der Waals surface area (Å²) >= 11 is 0. The minimum atomic E-state index is -2.34. The first-order valence-corrected chi connectivity index (χ1v) is 3.98. The van der Waals surface area contributed by atoms with E-state index in [9.17, 15) is 8.42 Å². The van der Waals surface area contributed by atoms with Crippen molar-refractivity contribution in [2.45, 2.75) is 6.42 Å². The number of rotatable bonds is 1. The summed E-state index contributed by atoms with van der Waals surface area (Å²) in [7, 11) is -2.34. The van der Waals surface area contributed by atoms with E-state index in [2.05, 4.69) is 0 Å². The van der Waals surface area contributed by atoms with E-state index in [1.807, 2.05) is 12.2 Å². The highest BCUT2D eigenvalue weighted by Gasteiger charge is 2.05. The standard InChI is InChI=1S/C5H9NO2S/c7-9(8)6-4-2-1-3-5-6/h1-2,9H,3-5H2. The molecule has 1 rings (SSSR count). The molecule has 52 valence electrons. The molecule has 0 saturated carbocycles. The third-order valence-corrected chi connectivity index (χ3v) is 2.09. The van der Waals surface area contributed by atoms with Crippen molar-refractivity contribution >= 4 is 10.9 Å². The van der Waals surface area contributed by atoms with Crippen molar-refractivity contribution in [1.82, 2.24) is 4.31 Å². The summed E-state index contributed by atoms with van der Waals surface area (Å²) in [5.74, 6) is 0. The van der Waals surface area contributed by atoms with Crippen molar-refractivity contribution in [3.63, 3.8) is 0 Å². The smallest absolute Gasteiger partial charge is 0.204 e. The monoisotopic (exact) mass is 147 g/mol. The van der Waals surface area contributed by atoms with Crippen molar-refractivity contribution in [2.75, 3.05) is 13.1 Å². The molecule has 0 aromatic carbocycles. The first-order valence-electron chi connectivity index (χ1n) is 2.85. The van der Waals surface area contributed by atoms with Gasteiger partial charge < -0.3 is 0 Å². The van der Waals surface area contributed by atoms with Gasteiger partial charge in [0, 0.05) is 13.1 Å². The van der Waals surface area contributed by atoms with Crippen molar-refractivity contribution in [2.24, 2.45) is 0 Å². The molecular formula is C5H9NO2S. The fourth-order valence-corrected chi connectivity index (χ4v) is 1.28. The van der Waals surface area contributed by atoms with Crippen molar-refractivity contribution in [3.8, 4) is 0 Å². The Labute approximate surface area is 56.1 Å². The topological polar surface area (TPSA) is 37.4 Å². The normalized spacial score (nSPS) is 21.0. The highest BCUT2D eigenvalue weighted by atomic mass is 32.2. The van der Waals surface area contributed by atoms with Gasteiger partial charge in [0.15, 0.2) is 0 Å². The average Bonchev–Trinajstić information content (AvgIpc) is 1.90. The average molecular weight is 147 g/mol. The molecule has 0 aliphatic carbocycles. The second kappa shape index (κ2) is 2.98. The van der Waals surface area contributed by atoms with Gasteiger partial charge in [0.2, 0.25) is 10.9 Å². The predicted molar refractivity (Wildman–Crippen MR) is 35.6 cm³/mol. The number of thiol groups is 1. The van der Waals surface area contributed by atoms with Crippen LogP contribution in [-0.2, 0) is 10.9 Å². The van der Waals surface area contributed by atoms with Crippen LogP contribution in [0.1, 0.15) is 6.42 Å². The Morgan fingerprint density at radius 2 is 2.11 bits per heavy atom. The summed E-state index contributed by atoms with van der Waals surface area (Å²) in [4.78, 5) is 0. The lowest BCUT2D eigenvalue weighted by atomic mass is 10.3. The van der Waals surface area contributed by atoms with Crippen LogP contribution in [0.15, 0.2) is 12.2 Å². The van der Waals surface area contributed by atoms with E-state index in [4.69, 9.17) is 0 Å². The van der Waals surface area contributed by atoms with Crippen molar-refractivity contribution < 1.29 is 8.42 Å². The predicted octanol–water partition coefficient (Wildman–Crippen LogP) is -0.225. The number of hydrogen-bond acceptors (Lipinski definition) is 2. The molecule has 0 unspecified atom stereocenters. The molecule has 0 aromatic heterocycles. The zero-order valence-electron chi connectivity index (χ0n) is 4.99. The van der Waals surface area contributed by atoms with E-state index in [0.717, 1.165) is 6.42 Å². The van der Waals surface area contributed by atoms with Gasteiger partial charge in [-0.15, -0.1) is 0 Å². The van der Waals surface area contributed by atoms with E-state index in [0.29, 0.717) is 13.1 Å². The van der Waals surface area contributed by atoms with E-state index in [1.54, 1.807) is 0 Å². The molecule has 1 aliphatic heterocycles. The second-order valence-corrected chi connectivity index (χ2v) is 2.95. The summed E-state index contributed by atoms with van der Waals surface area (Å²) in [6.07, 6.45) is 4.72. The Morgan fingerprint density at radius 1 is 1.33 bits per heavy atom. The van der Waals surface area contributed by atoms with Gasteiger partial charge in [0.1, 0.15) is 0 Å². The van der Waals surface area contributed by atoms with Gasteiger partial charge in [-0.05, 0) is 6.42 Å². The van der Waals surface area contributed by atoms with Crippen LogP contribution in [0.4, 0.5) is 0 Å². The quantitative estimate of drug-likeness (QED) is 0.411. The van der Waals surface area contributed by atoms with Gasteiger partial charge in [-0.1, -0.05) is 12.2 Å². The van der Waals surface area contributed by atoms with Crippen LogP contribution in [0, 0.1) is 0 Å². The van der Waals surface area contributed by atoms with Crippen LogP contribution >= 0.6 is 0 Å². The molecule has 0 spiro atoms. The van der Waals surface area contributed by atoms with Crippen LogP contribution in [-0.4, -0.2) is 25.8 Å². The highest BCUT2D eigenvalue weighted by molar-refractivity contribution is 7.69. The van der Waals surface area contributed by atoms with Gasteiger partial charge in [-0.2, -0.15) is 0 Å². The molecule has 4 heteroatoms. The number of hydrogen-bond donors (Lipinski definition) is 1. The van der Waals surface area contributed by atoms with E-state index >= 15 is 0 Å². The SMILES string of the molecule is O=[SH](=O)N1CC=CCC1. The van der Waals surface area contributed by atoms with E-state index in [-0.39, 0.29) is 0 Å². The molecule has 0 atom stereocenters. The molecule has 0 N–H and O–H groups in total. The Morgan fingerprint density at radius 3 is 2.44 bits per heavy atom. The largest absolute Gasteiger partial charge is 0.215 e. The molecule has 0 aromatic rings. The molecule has 0 bridgehead atoms. The van der Waals surface area contributed by atoms with E-state index < -0.39 is 10.9 Å². The Balaban J connectivity index is 2.54. The molecule has 9 heavy (non-hydrogen) atoms. The van der Waals surface area contributed by atoms with Gasteiger partial charge >= 0.3 is 0 Å². The van der Waals surface area contributed by atoms with E-state index in [1.165, 1.54) is 4.31 Å². The summed E-state index contributed by atoms with van der Waals surface area (Å²) < 4.78 is 22.0. The molecule has 1 aliphatic rings. The third-order valence-electron chi connectivity index (χ3n) is 1.27. The molecule has 0 saturated heterocycles. The maximum Gasteiger partial charge on any atom is 0.204 e. The second-order valence-electron chi connectivity index (χ2n) is 1.91. The Kier molecular flexibility index (Phi) is 2.24. The molecular weight excluding hydrogens is 138 g/mol. The zero-order valence-corrected chi connectivity index (χ0v) is 5.88. The summed E-state index contributed by atoms with van der Waals surface area (Å²) in [5, 5.41) is 0. The fraction of sp³-hybridized carbons (Fsp3) is 0.600. The van der Waals surface area contributed by atoms with Crippen LogP contribution in [0.25, 0.3) is 0 Å². The van der Waals surface area contributed by atoms with Crippen LogP contribution < -0.4 is 0 Å². The zero-order chi connectivity index (χ0) is 6.69.